The van der Waals surface area contributed by atoms with Crippen molar-refractivity contribution in [3.63, 3.8) is 0 Å². The van der Waals surface area contributed by atoms with Crippen molar-refractivity contribution < 1.29 is 14.3 Å². The van der Waals surface area contributed by atoms with Gasteiger partial charge in [0.25, 0.3) is 0 Å². The van der Waals surface area contributed by atoms with Crippen LogP contribution in [0.1, 0.15) is 12.0 Å². The third-order valence-corrected chi connectivity index (χ3v) is 3.37. The van der Waals surface area contributed by atoms with Crippen LogP contribution in [0.2, 0.25) is 0 Å². The topological polar surface area (TPSA) is 81.4 Å². The molecule has 0 aliphatic rings. The molecule has 1 aromatic carbocycles. The largest absolute Gasteiger partial charge is 0.469 e. The van der Waals surface area contributed by atoms with Gasteiger partial charge in [-0.15, -0.1) is 12.4 Å². The van der Waals surface area contributed by atoms with E-state index in [1.807, 2.05) is 24.3 Å². The summed E-state index contributed by atoms with van der Waals surface area (Å²) >= 11 is 1.65. The molecule has 0 aliphatic carbocycles. The van der Waals surface area contributed by atoms with Gasteiger partial charge in [0.1, 0.15) is 0 Å². The summed E-state index contributed by atoms with van der Waals surface area (Å²) in [5.74, 6) is 1.09. The van der Waals surface area contributed by atoms with E-state index in [-0.39, 0.29) is 30.8 Å². The minimum absolute atomic E-state index is 0. The number of amides is 1. The van der Waals surface area contributed by atoms with Crippen molar-refractivity contribution in [2.45, 2.75) is 12.2 Å². The molecule has 7 heteroatoms. The van der Waals surface area contributed by atoms with Gasteiger partial charge < -0.3 is 15.8 Å². The van der Waals surface area contributed by atoms with Gasteiger partial charge in [-0.1, -0.05) is 12.1 Å². The fourth-order valence-electron chi connectivity index (χ4n) is 1.40. The molecule has 0 radical (unpaired) electrons. The van der Waals surface area contributed by atoms with Gasteiger partial charge in [0.05, 0.1) is 20.1 Å². The second kappa shape index (κ2) is 10.5. The van der Waals surface area contributed by atoms with Crippen LogP contribution >= 0.6 is 24.2 Å². The number of anilines is 1. The quantitative estimate of drug-likeness (QED) is 0.592. The lowest BCUT2D eigenvalue weighted by Crippen LogP contribution is -2.21. The number of nitrogens with one attached hydrogen (secondary N) is 1. The predicted octanol–water partition coefficient (Wildman–Crippen LogP) is 1.80. The lowest BCUT2D eigenvalue weighted by molar-refractivity contribution is -0.140. The Bertz CT molecular complexity index is 443. The van der Waals surface area contributed by atoms with Crippen molar-refractivity contribution in [3.8, 4) is 0 Å². The maximum atomic E-state index is 11.2. The maximum absolute atomic E-state index is 11.2. The van der Waals surface area contributed by atoms with Crippen LogP contribution in [0.4, 0.5) is 5.69 Å². The van der Waals surface area contributed by atoms with Crippen LogP contribution in [-0.2, 0) is 20.1 Å². The Morgan fingerprint density at radius 1 is 1.40 bits per heavy atom. The number of nitrogens with two attached hydrogens (primary N) is 1. The second-order valence-corrected chi connectivity index (χ2v) is 4.94. The van der Waals surface area contributed by atoms with Crippen LogP contribution in [0, 0.1) is 0 Å². The summed E-state index contributed by atoms with van der Waals surface area (Å²) in [6.45, 7) is -0.0297. The van der Waals surface area contributed by atoms with Gasteiger partial charge in [-0.3, -0.25) is 9.59 Å². The van der Waals surface area contributed by atoms with Crippen LogP contribution < -0.4 is 11.1 Å². The van der Waals surface area contributed by atoms with Gasteiger partial charge >= 0.3 is 5.97 Å². The molecule has 20 heavy (non-hydrogen) atoms. The number of hydrogen-bond donors (Lipinski definition) is 2. The first-order chi connectivity index (χ1) is 9.15. The molecule has 5 nitrogen and oxygen atoms in total. The smallest absolute Gasteiger partial charge is 0.306 e. The number of methoxy groups -OCH3 is 1. The predicted molar refractivity (Wildman–Crippen MR) is 84.2 cm³/mol. The minimum Gasteiger partial charge on any atom is -0.469 e. The zero-order valence-corrected chi connectivity index (χ0v) is 12.9. The van der Waals surface area contributed by atoms with Crippen molar-refractivity contribution in [2.24, 2.45) is 5.73 Å². The van der Waals surface area contributed by atoms with Gasteiger partial charge in [-0.25, -0.2) is 0 Å². The van der Waals surface area contributed by atoms with Crippen molar-refractivity contribution in [3.05, 3.63) is 29.8 Å². The first-order valence-electron chi connectivity index (χ1n) is 5.89. The number of thioether (sulfide) groups is 1. The van der Waals surface area contributed by atoms with Crippen molar-refractivity contribution in [1.82, 2.24) is 0 Å². The fourth-order valence-corrected chi connectivity index (χ4v) is 2.27. The summed E-state index contributed by atoms with van der Waals surface area (Å²) in [7, 11) is 1.39. The molecule has 0 aromatic heterocycles. The Kier molecular flexibility index (Phi) is 9.88. The fraction of sp³-hybridized carbons (Fsp3) is 0.385. The maximum Gasteiger partial charge on any atom is 0.306 e. The molecule has 0 fully saturated rings. The van der Waals surface area contributed by atoms with E-state index in [2.05, 4.69) is 10.1 Å². The van der Waals surface area contributed by atoms with Gasteiger partial charge in [-0.2, -0.15) is 11.8 Å². The molecule has 1 amide bonds. The Morgan fingerprint density at radius 3 is 2.80 bits per heavy atom. The molecule has 0 bridgehead atoms. The zero-order valence-electron chi connectivity index (χ0n) is 11.3. The van der Waals surface area contributed by atoms with Crippen molar-refractivity contribution >= 4 is 41.7 Å². The zero-order chi connectivity index (χ0) is 14.1. The van der Waals surface area contributed by atoms with Gasteiger partial charge in [-0.05, 0) is 17.7 Å². The second-order valence-electron chi connectivity index (χ2n) is 3.83. The summed E-state index contributed by atoms with van der Waals surface area (Å²) in [6, 6.07) is 7.57. The standard InChI is InChI=1S/C13H18N2O3S.ClH/c1-18-13(17)5-6-19-9-10-3-2-4-11(7-10)15-12(16)8-14;/h2-4,7H,5-6,8-9,14H2,1H3,(H,15,16);1H. The van der Waals surface area contributed by atoms with E-state index in [1.165, 1.54) is 7.11 Å². The highest BCUT2D eigenvalue weighted by Crippen LogP contribution is 2.17. The molecule has 0 saturated carbocycles. The van der Waals surface area contributed by atoms with E-state index in [9.17, 15) is 9.59 Å². The molecule has 0 atom stereocenters. The first-order valence-corrected chi connectivity index (χ1v) is 7.04. The van der Waals surface area contributed by atoms with E-state index in [1.54, 1.807) is 11.8 Å². The van der Waals surface area contributed by atoms with Gasteiger partial charge in [0.2, 0.25) is 5.91 Å². The molecule has 0 aliphatic heterocycles. The molecule has 1 aromatic rings. The number of esters is 1. The van der Waals surface area contributed by atoms with E-state index in [0.717, 1.165) is 17.0 Å². The number of carbonyl (C=O) groups is 2. The van der Waals surface area contributed by atoms with Gasteiger partial charge in [0.15, 0.2) is 0 Å². The Labute approximate surface area is 129 Å². The Morgan fingerprint density at radius 2 is 2.15 bits per heavy atom. The van der Waals surface area contributed by atoms with Crippen molar-refractivity contribution in [1.29, 1.82) is 0 Å². The van der Waals surface area contributed by atoms with Crippen LogP contribution in [0.25, 0.3) is 0 Å². The summed E-state index contributed by atoms with van der Waals surface area (Å²) in [5, 5.41) is 2.70. The number of halogens is 1. The average Bonchev–Trinajstić information content (AvgIpc) is 2.43. The first kappa shape index (κ1) is 18.8. The number of hydrogen-bond acceptors (Lipinski definition) is 5. The third kappa shape index (κ3) is 7.37. The normalized spacial score (nSPS) is 9.50. The Hall–Kier alpha value is -1.24. The summed E-state index contributed by atoms with van der Waals surface area (Å²) in [6.07, 6.45) is 0.408. The van der Waals surface area contributed by atoms with Crippen LogP contribution in [0.3, 0.4) is 0 Å². The molecule has 112 valence electrons. The van der Waals surface area contributed by atoms with E-state index < -0.39 is 0 Å². The summed E-state index contributed by atoms with van der Waals surface area (Å²) in [5.41, 5.74) is 7.06. The highest BCUT2D eigenvalue weighted by atomic mass is 35.5. The van der Waals surface area contributed by atoms with E-state index in [4.69, 9.17) is 5.73 Å². The van der Waals surface area contributed by atoms with E-state index >= 15 is 0 Å². The number of carbonyl (C=O) groups excluding carboxylic acids is 2. The minimum atomic E-state index is -0.213. The molecule has 0 heterocycles. The van der Waals surface area contributed by atoms with Gasteiger partial charge in [0, 0.05) is 17.2 Å². The monoisotopic (exact) mass is 318 g/mol. The number of ether oxygens (including phenoxy) is 1. The SMILES string of the molecule is COC(=O)CCSCc1cccc(NC(=O)CN)c1.Cl. The van der Waals surface area contributed by atoms with Crippen LogP contribution in [-0.4, -0.2) is 31.3 Å². The summed E-state index contributed by atoms with van der Waals surface area (Å²) in [4.78, 5) is 22.1. The lowest BCUT2D eigenvalue weighted by Gasteiger charge is -2.06. The van der Waals surface area contributed by atoms with Crippen LogP contribution in [0.5, 0.6) is 0 Å². The molecule has 3 N–H and O–H groups in total. The molecule has 0 spiro atoms. The lowest BCUT2D eigenvalue weighted by atomic mass is 10.2. The number of rotatable bonds is 7. The van der Waals surface area contributed by atoms with E-state index in [0.29, 0.717) is 12.2 Å². The van der Waals surface area contributed by atoms with Crippen LogP contribution in [0.15, 0.2) is 24.3 Å². The molecule has 0 saturated heterocycles. The molecular formula is C13H19ClN2O3S. The third-order valence-electron chi connectivity index (χ3n) is 2.34. The molecule has 0 unspecified atom stereocenters. The highest BCUT2D eigenvalue weighted by Gasteiger charge is 2.02. The van der Waals surface area contributed by atoms with Crippen molar-refractivity contribution in [2.75, 3.05) is 24.7 Å². The average molecular weight is 319 g/mol. The summed E-state index contributed by atoms with van der Waals surface area (Å²) < 4.78 is 4.57. The Balaban J connectivity index is 0.00000361. The number of benzene rings is 1. The molecule has 1 rings (SSSR count). The highest BCUT2D eigenvalue weighted by molar-refractivity contribution is 7.98. The molecular weight excluding hydrogens is 300 g/mol.